The van der Waals surface area contributed by atoms with Crippen molar-refractivity contribution in [3.63, 3.8) is 0 Å². The van der Waals surface area contributed by atoms with Crippen LogP contribution in [-0.4, -0.2) is 16.5 Å². The van der Waals surface area contributed by atoms with Crippen LogP contribution in [0, 0.1) is 10.1 Å². The minimum atomic E-state index is -0.637. The summed E-state index contributed by atoms with van der Waals surface area (Å²) in [6.07, 6.45) is 0.463. The van der Waals surface area contributed by atoms with Crippen LogP contribution in [0.1, 0.15) is 5.56 Å². The molecule has 0 bridgehead atoms. The SMILES string of the molecule is NCCc1cc([N+](=O)[O-])[nH]c(=O)c1. The first-order valence-corrected chi connectivity index (χ1v) is 3.71. The minimum absolute atomic E-state index is 0.295. The van der Waals surface area contributed by atoms with Gasteiger partial charge < -0.3 is 15.8 Å². The van der Waals surface area contributed by atoms with Crippen LogP contribution in [0.25, 0.3) is 0 Å². The fourth-order valence-corrected chi connectivity index (χ4v) is 0.993. The van der Waals surface area contributed by atoms with Crippen molar-refractivity contribution in [1.29, 1.82) is 0 Å². The second-order valence-electron chi connectivity index (χ2n) is 2.53. The van der Waals surface area contributed by atoms with E-state index < -0.39 is 10.5 Å². The summed E-state index contributed by atoms with van der Waals surface area (Å²) >= 11 is 0. The van der Waals surface area contributed by atoms with Crippen molar-refractivity contribution < 1.29 is 4.92 Å². The quantitative estimate of drug-likeness (QED) is 0.499. The van der Waals surface area contributed by atoms with E-state index in [1.807, 2.05) is 0 Å². The summed E-state index contributed by atoms with van der Waals surface area (Å²) in [5.41, 5.74) is 5.36. The third kappa shape index (κ3) is 2.38. The molecule has 6 nitrogen and oxygen atoms in total. The normalized spacial score (nSPS) is 9.92. The van der Waals surface area contributed by atoms with Crippen LogP contribution < -0.4 is 11.3 Å². The average Bonchev–Trinajstić information content (AvgIpc) is 2.03. The summed E-state index contributed by atoms with van der Waals surface area (Å²) in [6, 6.07) is 2.62. The highest BCUT2D eigenvalue weighted by Crippen LogP contribution is 2.06. The maximum absolute atomic E-state index is 10.9. The fourth-order valence-electron chi connectivity index (χ4n) is 0.993. The molecular formula is C7H9N3O3. The molecule has 0 aliphatic heterocycles. The topological polar surface area (TPSA) is 102 Å². The zero-order valence-electron chi connectivity index (χ0n) is 6.82. The van der Waals surface area contributed by atoms with Gasteiger partial charge in [-0.25, -0.2) is 9.78 Å². The Morgan fingerprint density at radius 2 is 2.23 bits per heavy atom. The van der Waals surface area contributed by atoms with Gasteiger partial charge in [-0.15, -0.1) is 0 Å². The van der Waals surface area contributed by atoms with Crippen LogP contribution in [-0.2, 0) is 6.42 Å². The Balaban J connectivity index is 3.11. The molecule has 0 amide bonds. The van der Waals surface area contributed by atoms with Gasteiger partial charge in [-0.3, -0.25) is 0 Å². The second-order valence-corrected chi connectivity index (χ2v) is 2.53. The van der Waals surface area contributed by atoms with Gasteiger partial charge in [0.25, 0.3) is 0 Å². The molecule has 3 N–H and O–H groups in total. The molecule has 0 atom stereocenters. The highest BCUT2D eigenvalue weighted by molar-refractivity contribution is 5.25. The number of pyridine rings is 1. The molecule has 0 saturated carbocycles. The summed E-state index contributed by atoms with van der Waals surface area (Å²) in [5.74, 6) is -0.295. The largest absolute Gasteiger partial charge is 0.358 e. The van der Waals surface area contributed by atoms with Gasteiger partial charge in [0.15, 0.2) is 0 Å². The molecule has 0 aliphatic carbocycles. The van der Waals surface area contributed by atoms with Crippen molar-refractivity contribution in [3.8, 4) is 0 Å². The summed E-state index contributed by atoms with van der Waals surface area (Å²) in [4.78, 5) is 22.7. The Bertz CT molecular complexity index is 371. The first-order valence-electron chi connectivity index (χ1n) is 3.71. The molecule has 0 radical (unpaired) electrons. The van der Waals surface area contributed by atoms with E-state index in [4.69, 9.17) is 5.73 Å². The Labute approximate surface area is 73.5 Å². The molecule has 0 fully saturated rings. The maximum Gasteiger partial charge on any atom is 0.332 e. The minimum Gasteiger partial charge on any atom is -0.358 e. The number of rotatable bonds is 3. The lowest BCUT2D eigenvalue weighted by molar-refractivity contribution is -0.389. The Morgan fingerprint density at radius 3 is 2.77 bits per heavy atom. The van der Waals surface area contributed by atoms with E-state index in [-0.39, 0.29) is 5.82 Å². The number of aromatic nitrogens is 1. The molecule has 1 heterocycles. The lowest BCUT2D eigenvalue weighted by Crippen LogP contribution is -2.11. The molecule has 0 saturated heterocycles. The lowest BCUT2D eigenvalue weighted by atomic mass is 10.2. The summed E-state index contributed by atoms with van der Waals surface area (Å²) < 4.78 is 0. The van der Waals surface area contributed by atoms with E-state index in [0.29, 0.717) is 18.5 Å². The van der Waals surface area contributed by atoms with Crippen LogP contribution in [0.15, 0.2) is 16.9 Å². The molecule has 70 valence electrons. The number of nitro groups is 1. The van der Waals surface area contributed by atoms with E-state index in [1.54, 1.807) is 0 Å². The average molecular weight is 183 g/mol. The summed E-state index contributed by atoms with van der Waals surface area (Å²) in [5, 5.41) is 10.3. The van der Waals surface area contributed by atoms with Crippen molar-refractivity contribution in [2.75, 3.05) is 6.54 Å². The highest BCUT2D eigenvalue weighted by atomic mass is 16.6. The first-order chi connectivity index (χ1) is 6.13. The first kappa shape index (κ1) is 9.40. The lowest BCUT2D eigenvalue weighted by Gasteiger charge is -1.97. The van der Waals surface area contributed by atoms with Gasteiger partial charge in [-0.2, -0.15) is 0 Å². The number of H-pyrrole nitrogens is 1. The zero-order chi connectivity index (χ0) is 9.84. The second kappa shape index (κ2) is 3.81. The van der Waals surface area contributed by atoms with Crippen molar-refractivity contribution in [2.24, 2.45) is 5.73 Å². The van der Waals surface area contributed by atoms with Crippen molar-refractivity contribution in [2.45, 2.75) is 6.42 Å². The molecule has 0 unspecified atom stereocenters. The predicted molar refractivity (Wildman–Crippen MR) is 46.5 cm³/mol. The summed E-state index contributed by atoms with van der Waals surface area (Å²) in [7, 11) is 0. The van der Waals surface area contributed by atoms with Crippen LogP contribution in [0.5, 0.6) is 0 Å². The molecule has 6 heteroatoms. The van der Waals surface area contributed by atoms with Gasteiger partial charge in [0.1, 0.15) is 0 Å². The van der Waals surface area contributed by atoms with Gasteiger partial charge in [-0.1, -0.05) is 0 Å². The molecule has 0 spiro atoms. The predicted octanol–water partition coefficient (Wildman–Crippen LogP) is -0.216. The van der Waals surface area contributed by atoms with Gasteiger partial charge in [0, 0.05) is 12.1 Å². The number of hydrogen-bond donors (Lipinski definition) is 2. The van der Waals surface area contributed by atoms with Crippen LogP contribution in [0.2, 0.25) is 0 Å². The number of nitrogens with two attached hydrogens (primary N) is 1. The molecule has 1 aromatic heterocycles. The number of nitrogens with zero attached hydrogens (tertiary/aromatic N) is 1. The Hall–Kier alpha value is -1.69. The maximum atomic E-state index is 10.9. The molecular weight excluding hydrogens is 174 g/mol. The molecule has 0 aliphatic rings. The van der Waals surface area contributed by atoms with E-state index in [1.165, 1.54) is 12.1 Å². The van der Waals surface area contributed by atoms with Crippen molar-refractivity contribution >= 4 is 5.82 Å². The summed E-state index contributed by atoms with van der Waals surface area (Å²) in [6.45, 7) is 0.362. The highest BCUT2D eigenvalue weighted by Gasteiger charge is 2.06. The third-order valence-corrected chi connectivity index (χ3v) is 1.52. The fraction of sp³-hybridized carbons (Fsp3) is 0.286. The number of aromatic amines is 1. The number of hydrogen-bond acceptors (Lipinski definition) is 4. The van der Waals surface area contributed by atoms with Gasteiger partial charge in [0.2, 0.25) is 0 Å². The van der Waals surface area contributed by atoms with Gasteiger partial charge in [-0.05, 0) is 23.5 Å². The van der Waals surface area contributed by atoms with Crippen LogP contribution >= 0.6 is 0 Å². The van der Waals surface area contributed by atoms with Gasteiger partial charge in [0.05, 0.1) is 0 Å². The van der Waals surface area contributed by atoms with E-state index in [0.717, 1.165) is 0 Å². The van der Waals surface area contributed by atoms with Gasteiger partial charge >= 0.3 is 11.4 Å². The van der Waals surface area contributed by atoms with E-state index in [2.05, 4.69) is 4.98 Å². The number of nitrogens with one attached hydrogen (secondary N) is 1. The van der Waals surface area contributed by atoms with Crippen molar-refractivity contribution in [1.82, 2.24) is 4.98 Å². The molecule has 0 aromatic carbocycles. The zero-order valence-corrected chi connectivity index (χ0v) is 6.82. The van der Waals surface area contributed by atoms with Crippen molar-refractivity contribution in [3.05, 3.63) is 38.2 Å². The molecule has 1 aromatic rings. The molecule has 1 rings (SSSR count). The smallest absolute Gasteiger partial charge is 0.332 e. The van der Waals surface area contributed by atoms with Crippen LogP contribution in [0.3, 0.4) is 0 Å². The molecule has 13 heavy (non-hydrogen) atoms. The third-order valence-electron chi connectivity index (χ3n) is 1.52. The monoisotopic (exact) mass is 183 g/mol. The van der Waals surface area contributed by atoms with E-state index >= 15 is 0 Å². The van der Waals surface area contributed by atoms with E-state index in [9.17, 15) is 14.9 Å². The Morgan fingerprint density at radius 1 is 1.54 bits per heavy atom. The Kier molecular flexibility index (Phi) is 2.76. The van der Waals surface area contributed by atoms with Crippen LogP contribution in [0.4, 0.5) is 5.82 Å². The standard InChI is InChI=1S/C7H9N3O3/c8-2-1-5-3-6(10(12)13)9-7(11)4-5/h3-4H,1-2,8H2,(H,9,11).